The molecule has 2 rings (SSSR count). The number of thioether (sulfide) groups is 1. The lowest BCUT2D eigenvalue weighted by atomic mass is 10.2. The molecule has 0 aliphatic carbocycles. The number of aryl methyl sites for hydroxylation is 1. The molecule has 0 spiro atoms. The number of halogens is 2. The van der Waals surface area contributed by atoms with Crippen molar-refractivity contribution >= 4 is 40.9 Å². The van der Waals surface area contributed by atoms with Gasteiger partial charge in [-0.2, -0.15) is 0 Å². The third kappa shape index (κ3) is 7.18. The molecule has 0 radical (unpaired) electrons. The SMILES string of the molecule is Cc1ccc(OCC(C)NC(=O)CSCc2ccc(Cl)c(Cl)c2)cc1. The van der Waals surface area contributed by atoms with E-state index in [-0.39, 0.29) is 11.9 Å². The standard InChI is InChI=1S/C19H21Cl2NO2S/c1-13-3-6-16(7-4-13)24-10-14(2)22-19(23)12-25-11-15-5-8-17(20)18(21)9-15/h3-9,14H,10-12H2,1-2H3,(H,22,23). The summed E-state index contributed by atoms with van der Waals surface area (Å²) in [5.41, 5.74) is 2.23. The number of ether oxygens (including phenoxy) is 1. The highest BCUT2D eigenvalue weighted by atomic mass is 35.5. The van der Waals surface area contributed by atoms with Crippen molar-refractivity contribution in [2.24, 2.45) is 0 Å². The van der Waals surface area contributed by atoms with Crippen LogP contribution in [0.1, 0.15) is 18.1 Å². The summed E-state index contributed by atoms with van der Waals surface area (Å²) in [6, 6.07) is 13.3. The number of amides is 1. The van der Waals surface area contributed by atoms with Crippen molar-refractivity contribution < 1.29 is 9.53 Å². The van der Waals surface area contributed by atoms with Crippen molar-refractivity contribution in [3.63, 3.8) is 0 Å². The Balaban J connectivity index is 1.66. The summed E-state index contributed by atoms with van der Waals surface area (Å²) in [6.45, 7) is 4.39. The summed E-state index contributed by atoms with van der Waals surface area (Å²) >= 11 is 13.4. The normalized spacial score (nSPS) is 11.8. The van der Waals surface area contributed by atoms with E-state index >= 15 is 0 Å². The molecule has 3 nitrogen and oxygen atoms in total. The van der Waals surface area contributed by atoms with Gasteiger partial charge in [0.25, 0.3) is 0 Å². The third-order valence-electron chi connectivity index (χ3n) is 3.41. The number of carbonyl (C=O) groups is 1. The molecule has 0 aliphatic heterocycles. The summed E-state index contributed by atoms with van der Waals surface area (Å²) in [7, 11) is 0. The van der Waals surface area contributed by atoms with Crippen LogP contribution in [0.15, 0.2) is 42.5 Å². The molecule has 0 saturated carbocycles. The second kappa shape index (κ2) is 9.95. The zero-order valence-electron chi connectivity index (χ0n) is 14.2. The molecule has 2 aromatic rings. The van der Waals surface area contributed by atoms with Crippen LogP contribution in [-0.2, 0) is 10.5 Å². The summed E-state index contributed by atoms with van der Waals surface area (Å²) in [5.74, 6) is 1.89. The number of rotatable bonds is 8. The minimum Gasteiger partial charge on any atom is -0.491 e. The maximum atomic E-state index is 12.0. The van der Waals surface area contributed by atoms with Crippen LogP contribution in [0.3, 0.4) is 0 Å². The minimum atomic E-state index is -0.0561. The Labute approximate surface area is 163 Å². The van der Waals surface area contributed by atoms with Crippen LogP contribution >= 0.6 is 35.0 Å². The van der Waals surface area contributed by atoms with E-state index < -0.39 is 0 Å². The second-order valence-corrected chi connectivity index (χ2v) is 7.63. The fraction of sp³-hybridized carbons (Fsp3) is 0.316. The van der Waals surface area contributed by atoms with Gasteiger partial charge < -0.3 is 10.1 Å². The molecule has 134 valence electrons. The molecule has 0 saturated heterocycles. The number of carbonyl (C=O) groups excluding carboxylic acids is 1. The van der Waals surface area contributed by atoms with Crippen molar-refractivity contribution in [1.82, 2.24) is 5.32 Å². The fourth-order valence-corrected chi connectivity index (χ4v) is 3.21. The van der Waals surface area contributed by atoms with Crippen LogP contribution in [0.5, 0.6) is 5.75 Å². The first-order chi connectivity index (χ1) is 11.9. The van der Waals surface area contributed by atoms with Gasteiger partial charge in [-0.3, -0.25) is 4.79 Å². The predicted molar refractivity (Wildman–Crippen MR) is 107 cm³/mol. The molecule has 0 aliphatic rings. The summed E-state index contributed by atoms with van der Waals surface area (Å²) in [5, 5.41) is 4.01. The van der Waals surface area contributed by atoms with E-state index in [2.05, 4.69) is 5.32 Å². The van der Waals surface area contributed by atoms with Gasteiger partial charge in [0.1, 0.15) is 12.4 Å². The molecule has 1 unspecified atom stereocenters. The van der Waals surface area contributed by atoms with Crippen LogP contribution < -0.4 is 10.1 Å². The topological polar surface area (TPSA) is 38.3 Å². The molecule has 0 bridgehead atoms. The Bertz CT molecular complexity index is 707. The van der Waals surface area contributed by atoms with Crippen molar-refractivity contribution in [2.45, 2.75) is 25.6 Å². The van der Waals surface area contributed by atoms with E-state index in [1.807, 2.05) is 50.2 Å². The molecule has 0 heterocycles. The molecule has 25 heavy (non-hydrogen) atoms. The van der Waals surface area contributed by atoms with Gasteiger partial charge in [-0.05, 0) is 43.7 Å². The van der Waals surface area contributed by atoms with E-state index in [0.29, 0.717) is 28.2 Å². The highest BCUT2D eigenvalue weighted by Gasteiger charge is 2.09. The lowest BCUT2D eigenvalue weighted by Crippen LogP contribution is -2.37. The average molecular weight is 398 g/mol. The minimum absolute atomic E-state index is 0.00920. The van der Waals surface area contributed by atoms with Crippen LogP contribution in [0.4, 0.5) is 0 Å². The van der Waals surface area contributed by atoms with E-state index in [0.717, 1.165) is 11.3 Å². The number of benzene rings is 2. The third-order valence-corrected chi connectivity index (χ3v) is 5.16. The molecule has 1 atom stereocenters. The Hall–Kier alpha value is -1.36. The lowest BCUT2D eigenvalue weighted by molar-refractivity contribution is -0.119. The Kier molecular flexibility index (Phi) is 7.94. The molecule has 0 fully saturated rings. The van der Waals surface area contributed by atoms with Gasteiger partial charge >= 0.3 is 0 Å². The Morgan fingerprint density at radius 2 is 1.88 bits per heavy atom. The zero-order chi connectivity index (χ0) is 18.2. The number of hydrogen-bond acceptors (Lipinski definition) is 3. The first-order valence-electron chi connectivity index (χ1n) is 7.94. The Morgan fingerprint density at radius 1 is 1.16 bits per heavy atom. The van der Waals surface area contributed by atoms with Crippen LogP contribution in [0.25, 0.3) is 0 Å². The molecular weight excluding hydrogens is 377 g/mol. The monoisotopic (exact) mass is 397 g/mol. The molecule has 6 heteroatoms. The van der Waals surface area contributed by atoms with Crippen LogP contribution in [0.2, 0.25) is 10.0 Å². The second-order valence-electron chi connectivity index (χ2n) is 5.83. The van der Waals surface area contributed by atoms with Crippen molar-refractivity contribution in [2.75, 3.05) is 12.4 Å². The van der Waals surface area contributed by atoms with Gasteiger partial charge in [-0.1, -0.05) is 47.0 Å². The van der Waals surface area contributed by atoms with Crippen molar-refractivity contribution in [3.8, 4) is 5.75 Å². The molecule has 2 aromatic carbocycles. The molecule has 0 aromatic heterocycles. The van der Waals surface area contributed by atoms with Crippen molar-refractivity contribution in [1.29, 1.82) is 0 Å². The zero-order valence-corrected chi connectivity index (χ0v) is 16.5. The number of nitrogens with one attached hydrogen (secondary N) is 1. The number of hydrogen-bond donors (Lipinski definition) is 1. The summed E-state index contributed by atoms with van der Waals surface area (Å²) < 4.78 is 5.67. The highest BCUT2D eigenvalue weighted by molar-refractivity contribution is 7.99. The highest BCUT2D eigenvalue weighted by Crippen LogP contribution is 2.24. The maximum Gasteiger partial charge on any atom is 0.230 e. The van der Waals surface area contributed by atoms with E-state index in [4.69, 9.17) is 27.9 Å². The summed E-state index contributed by atoms with van der Waals surface area (Å²) in [4.78, 5) is 12.0. The van der Waals surface area contributed by atoms with E-state index in [9.17, 15) is 4.79 Å². The van der Waals surface area contributed by atoms with Gasteiger partial charge in [-0.15, -0.1) is 11.8 Å². The Morgan fingerprint density at radius 3 is 2.56 bits per heavy atom. The smallest absolute Gasteiger partial charge is 0.230 e. The van der Waals surface area contributed by atoms with Gasteiger partial charge in [0, 0.05) is 5.75 Å². The molecular formula is C19H21Cl2NO2S. The van der Waals surface area contributed by atoms with Crippen molar-refractivity contribution in [3.05, 3.63) is 63.6 Å². The van der Waals surface area contributed by atoms with Crippen LogP contribution in [0, 0.1) is 6.92 Å². The quantitative estimate of drug-likeness (QED) is 0.671. The van der Waals surface area contributed by atoms with Gasteiger partial charge in [0.2, 0.25) is 5.91 Å². The largest absolute Gasteiger partial charge is 0.491 e. The maximum absolute atomic E-state index is 12.0. The van der Waals surface area contributed by atoms with Gasteiger partial charge in [0.15, 0.2) is 0 Å². The van der Waals surface area contributed by atoms with E-state index in [1.165, 1.54) is 17.3 Å². The average Bonchev–Trinajstić information content (AvgIpc) is 2.57. The van der Waals surface area contributed by atoms with Crippen LogP contribution in [-0.4, -0.2) is 24.3 Å². The molecule has 1 amide bonds. The van der Waals surface area contributed by atoms with E-state index in [1.54, 1.807) is 6.07 Å². The first-order valence-corrected chi connectivity index (χ1v) is 9.85. The first kappa shape index (κ1) is 20.0. The van der Waals surface area contributed by atoms with Gasteiger partial charge in [-0.25, -0.2) is 0 Å². The summed E-state index contributed by atoms with van der Waals surface area (Å²) in [6.07, 6.45) is 0. The fourth-order valence-electron chi connectivity index (χ4n) is 2.10. The molecule has 1 N–H and O–H groups in total. The van der Waals surface area contributed by atoms with Gasteiger partial charge in [0.05, 0.1) is 21.8 Å². The lowest BCUT2D eigenvalue weighted by Gasteiger charge is -2.15. The predicted octanol–water partition coefficient (Wildman–Crippen LogP) is 5.12.